The van der Waals surface area contributed by atoms with Crippen molar-refractivity contribution in [1.82, 2.24) is 0 Å². The number of likely N-dealkylation sites (N-methyl/N-ethyl adjacent to an activating group) is 1. The molecule has 0 aliphatic carbocycles. The molecular formula is C11H20N2O2P+. The molecule has 90 valence electrons. The smallest absolute Gasteiger partial charge is 0.327 e. The molecule has 0 heterocycles. The molecule has 0 amide bonds. The van der Waals surface area contributed by atoms with Crippen LogP contribution < -0.4 is 5.73 Å². The maximum atomic E-state index is 9.76. The molecule has 0 saturated carbocycles. The Labute approximate surface area is 98.9 Å². The zero-order chi connectivity index (χ0) is 12.4. The summed E-state index contributed by atoms with van der Waals surface area (Å²) in [5.74, 6) is 0. The summed E-state index contributed by atoms with van der Waals surface area (Å²) in [5.41, 5.74) is 6.18. The second-order valence-corrected chi connectivity index (χ2v) is 4.74. The first kappa shape index (κ1) is 15.0. The third-order valence-corrected chi connectivity index (χ3v) is 1.99. The normalized spacial score (nSPS) is 10.7. The summed E-state index contributed by atoms with van der Waals surface area (Å²) >= 11 is 0. The Bertz CT molecular complexity index is 286. The van der Waals surface area contributed by atoms with E-state index in [-0.39, 0.29) is 8.69 Å². The molecule has 16 heavy (non-hydrogen) atoms. The highest BCUT2D eigenvalue weighted by Gasteiger charge is 2.04. The van der Waals surface area contributed by atoms with Crippen LogP contribution in [0.5, 0.6) is 0 Å². The van der Waals surface area contributed by atoms with E-state index in [0.717, 1.165) is 16.7 Å². The predicted molar refractivity (Wildman–Crippen MR) is 67.3 cm³/mol. The molecule has 1 rings (SSSR count). The van der Waals surface area contributed by atoms with Gasteiger partial charge in [0.25, 0.3) is 0 Å². The number of nitrogen functional groups attached to an aromatic ring is 1. The zero-order valence-electron chi connectivity index (χ0n) is 10.1. The molecule has 1 aromatic rings. The molecule has 0 radical (unpaired) electrons. The fourth-order valence-electron chi connectivity index (χ4n) is 0.805. The van der Waals surface area contributed by atoms with E-state index in [9.17, 15) is 4.57 Å². The molecule has 4 nitrogen and oxygen atoms in total. The van der Waals surface area contributed by atoms with Crippen LogP contribution >= 0.6 is 8.69 Å². The minimum atomic E-state index is -0.217. The van der Waals surface area contributed by atoms with E-state index in [0.29, 0.717) is 6.61 Å². The number of nitrogens with two attached hydrogens (primary N) is 1. The van der Waals surface area contributed by atoms with Crippen LogP contribution in [0.25, 0.3) is 0 Å². The average molecular weight is 243 g/mol. The second-order valence-electron chi connectivity index (χ2n) is 4.33. The largest absolute Gasteiger partial charge is 0.399 e. The first-order valence-electron chi connectivity index (χ1n) is 5.01. The second kappa shape index (κ2) is 8.22. The van der Waals surface area contributed by atoms with Gasteiger partial charge in [-0.15, -0.1) is 0 Å². The highest BCUT2D eigenvalue weighted by atomic mass is 31.1. The summed E-state index contributed by atoms with van der Waals surface area (Å²) in [6.45, 7) is 1.43. The standard InChI is InChI=1S/C6H7N.C5H13NO2P/c7-6-4-2-1-3-5-6;1-6(2,3)4-5-8-9-7/h1-5H,7H2;4-5H2,1-3H3/q;+1. The lowest BCUT2D eigenvalue weighted by Crippen LogP contribution is -2.37. The molecule has 0 unspecified atom stereocenters. The van der Waals surface area contributed by atoms with Gasteiger partial charge < -0.3 is 10.2 Å². The lowest BCUT2D eigenvalue weighted by atomic mass is 10.3. The molecule has 1 aromatic carbocycles. The third kappa shape index (κ3) is 11.1. The number of nitrogens with zero attached hydrogens (tertiary/aromatic N) is 1. The molecular weight excluding hydrogens is 223 g/mol. The van der Waals surface area contributed by atoms with Gasteiger partial charge in [-0.25, -0.2) is 4.57 Å². The van der Waals surface area contributed by atoms with Crippen molar-refractivity contribution < 1.29 is 13.6 Å². The molecule has 5 heteroatoms. The number of hydrogen-bond acceptors (Lipinski definition) is 3. The van der Waals surface area contributed by atoms with E-state index >= 15 is 0 Å². The summed E-state index contributed by atoms with van der Waals surface area (Å²) in [7, 11) is 5.96. The van der Waals surface area contributed by atoms with E-state index < -0.39 is 0 Å². The first-order chi connectivity index (χ1) is 7.45. The molecule has 0 bridgehead atoms. The Morgan fingerprint density at radius 3 is 2.12 bits per heavy atom. The summed E-state index contributed by atoms with van der Waals surface area (Å²) in [6.07, 6.45) is 0. The van der Waals surface area contributed by atoms with E-state index in [1.54, 1.807) is 0 Å². The summed E-state index contributed by atoms with van der Waals surface area (Å²) in [4.78, 5) is 0. The van der Waals surface area contributed by atoms with Crippen molar-refractivity contribution in [2.24, 2.45) is 0 Å². The van der Waals surface area contributed by atoms with Gasteiger partial charge in [0.15, 0.2) is 0 Å². The molecule has 0 atom stereocenters. The van der Waals surface area contributed by atoms with E-state index in [2.05, 4.69) is 25.7 Å². The number of quaternary nitrogens is 1. The Morgan fingerprint density at radius 2 is 1.81 bits per heavy atom. The lowest BCUT2D eigenvalue weighted by molar-refractivity contribution is -0.870. The fourth-order valence-corrected chi connectivity index (χ4v) is 0.961. The Balaban J connectivity index is 0.000000288. The van der Waals surface area contributed by atoms with Crippen LogP contribution in [0.2, 0.25) is 0 Å². The van der Waals surface area contributed by atoms with Gasteiger partial charge in [0, 0.05) is 5.69 Å². The van der Waals surface area contributed by atoms with Crippen LogP contribution in [-0.2, 0) is 9.09 Å². The Morgan fingerprint density at radius 1 is 1.25 bits per heavy atom. The van der Waals surface area contributed by atoms with E-state index in [1.807, 2.05) is 30.3 Å². The topological polar surface area (TPSA) is 52.3 Å². The highest BCUT2D eigenvalue weighted by Crippen LogP contribution is 1.96. The van der Waals surface area contributed by atoms with Gasteiger partial charge in [0.05, 0.1) is 21.1 Å². The van der Waals surface area contributed by atoms with Crippen LogP contribution in [0.1, 0.15) is 0 Å². The van der Waals surface area contributed by atoms with Crippen molar-refractivity contribution in [1.29, 1.82) is 0 Å². The minimum Gasteiger partial charge on any atom is -0.399 e. The van der Waals surface area contributed by atoms with Gasteiger partial charge in [-0.3, -0.25) is 4.52 Å². The number of anilines is 1. The van der Waals surface area contributed by atoms with Gasteiger partial charge in [-0.2, -0.15) is 0 Å². The number of hydrogen-bond donors (Lipinski definition) is 1. The summed E-state index contributed by atoms with van der Waals surface area (Å²) < 4.78 is 15.2. The molecule has 2 N–H and O–H groups in total. The maximum Gasteiger partial charge on any atom is 0.327 e. The van der Waals surface area contributed by atoms with E-state index in [4.69, 9.17) is 5.73 Å². The zero-order valence-corrected chi connectivity index (χ0v) is 11.0. The van der Waals surface area contributed by atoms with Gasteiger partial charge >= 0.3 is 8.69 Å². The van der Waals surface area contributed by atoms with Crippen molar-refractivity contribution in [2.75, 3.05) is 40.0 Å². The SMILES string of the molecule is C[N+](C)(C)CCOP=O.Nc1ccccc1. The summed E-state index contributed by atoms with van der Waals surface area (Å²) in [6, 6.07) is 9.49. The van der Waals surface area contributed by atoms with Crippen molar-refractivity contribution >= 4 is 14.4 Å². The highest BCUT2D eigenvalue weighted by molar-refractivity contribution is 7.17. The first-order valence-corrected chi connectivity index (χ1v) is 5.74. The van der Waals surface area contributed by atoms with Gasteiger partial charge in [0.1, 0.15) is 13.2 Å². The van der Waals surface area contributed by atoms with Crippen molar-refractivity contribution in [2.45, 2.75) is 0 Å². The lowest BCUT2D eigenvalue weighted by Gasteiger charge is -2.22. The van der Waals surface area contributed by atoms with Crippen LogP contribution in [0.3, 0.4) is 0 Å². The average Bonchev–Trinajstić information content (AvgIpc) is 2.18. The molecule has 0 fully saturated rings. The fraction of sp³-hybridized carbons (Fsp3) is 0.455. The summed E-state index contributed by atoms with van der Waals surface area (Å²) in [5, 5.41) is 0. The molecule has 0 spiro atoms. The minimum absolute atomic E-state index is 0.217. The van der Waals surface area contributed by atoms with Crippen molar-refractivity contribution in [3.05, 3.63) is 30.3 Å². The Kier molecular flexibility index (Phi) is 7.73. The van der Waals surface area contributed by atoms with Crippen LogP contribution in [0.15, 0.2) is 30.3 Å². The number of rotatable bonds is 4. The monoisotopic (exact) mass is 243 g/mol. The van der Waals surface area contributed by atoms with Crippen LogP contribution in [0.4, 0.5) is 5.69 Å². The van der Waals surface area contributed by atoms with Gasteiger partial charge in [-0.1, -0.05) is 18.2 Å². The van der Waals surface area contributed by atoms with Gasteiger partial charge in [-0.05, 0) is 12.1 Å². The molecule has 0 aliphatic rings. The van der Waals surface area contributed by atoms with E-state index in [1.165, 1.54) is 0 Å². The number of benzene rings is 1. The third-order valence-electron chi connectivity index (χ3n) is 1.71. The van der Waals surface area contributed by atoms with Crippen molar-refractivity contribution in [3.8, 4) is 0 Å². The quantitative estimate of drug-likeness (QED) is 0.381. The Hall–Kier alpha value is -0.960. The van der Waals surface area contributed by atoms with Crippen molar-refractivity contribution in [3.63, 3.8) is 0 Å². The van der Waals surface area contributed by atoms with Gasteiger partial charge in [0.2, 0.25) is 0 Å². The predicted octanol–water partition coefficient (Wildman–Crippen LogP) is 2.18. The number of para-hydroxylation sites is 1. The van der Waals surface area contributed by atoms with Crippen LogP contribution in [-0.4, -0.2) is 38.8 Å². The molecule has 0 aliphatic heterocycles. The van der Waals surface area contributed by atoms with Crippen LogP contribution in [0, 0.1) is 0 Å². The molecule has 0 aromatic heterocycles. The maximum absolute atomic E-state index is 9.76. The molecule has 0 saturated heterocycles.